The highest BCUT2D eigenvalue weighted by Gasteiger charge is 2.59. The maximum Gasteiger partial charge on any atom is 0.226 e. The zero-order chi connectivity index (χ0) is 17.9. The molecule has 0 heterocycles. The summed E-state index contributed by atoms with van der Waals surface area (Å²) in [5, 5.41) is 9.26. The molecule has 0 spiro atoms. The fraction of sp³-hybridized carbons (Fsp3) is 0.600. The van der Waals surface area contributed by atoms with Crippen molar-refractivity contribution >= 4 is 11.6 Å². The molecular formula is C20H22N2O2. The van der Waals surface area contributed by atoms with Crippen LogP contribution in [0.25, 0.3) is 4.85 Å². The number of nitrogens with zero attached hydrogens (tertiary/aromatic N) is 2. The van der Waals surface area contributed by atoms with Crippen molar-refractivity contribution in [2.75, 3.05) is 0 Å². The van der Waals surface area contributed by atoms with Crippen molar-refractivity contribution in [3.63, 3.8) is 0 Å². The van der Waals surface area contributed by atoms with Crippen molar-refractivity contribution in [3.05, 3.63) is 34.8 Å². The van der Waals surface area contributed by atoms with Gasteiger partial charge in [0.2, 0.25) is 5.70 Å². The smallest absolute Gasteiger partial charge is 0.226 e. The van der Waals surface area contributed by atoms with Gasteiger partial charge in [-0.3, -0.25) is 4.79 Å². The molecule has 24 heavy (non-hydrogen) atoms. The molecule has 4 nitrogen and oxygen atoms in total. The Balaban J connectivity index is 2.24. The van der Waals surface area contributed by atoms with Crippen LogP contribution in [0.15, 0.2) is 23.4 Å². The lowest BCUT2D eigenvalue weighted by molar-refractivity contribution is -0.131. The second-order valence-electron chi connectivity index (χ2n) is 8.47. The van der Waals surface area contributed by atoms with Gasteiger partial charge in [-0.15, -0.1) is 0 Å². The summed E-state index contributed by atoms with van der Waals surface area (Å²) in [5.74, 6) is -0.754. The van der Waals surface area contributed by atoms with Crippen LogP contribution < -0.4 is 0 Å². The summed E-state index contributed by atoms with van der Waals surface area (Å²) in [5.41, 5.74) is -0.149. The minimum atomic E-state index is -0.624. The topological polar surface area (TPSA) is 62.3 Å². The Kier molecular flexibility index (Phi) is 3.40. The Morgan fingerprint density at radius 3 is 2.54 bits per heavy atom. The number of fused-ring (bicyclic) bond motifs is 3. The summed E-state index contributed by atoms with van der Waals surface area (Å²) in [6, 6.07) is 2.13. The largest absolute Gasteiger partial charge is 0.307 e. The van der Waals surface area contributed by atoms with Crippen LogP contribution in [0.3, 0.4) is 0 Å². The number of carbonyl (C=O) groups excluding carboxylic acids is 2. The van der Waals surface area contributed by atoms with Crippen LogP contribution in [0.2, 0.25) is 0 Å². The van der Waals surface area contributed by atoms with Crippen LogP contribution >= 0.6 is 0 Å². The van der Waals surface area contributed by atoms with Crippen molar-refractivity contribution in [2.24, 2.45) is 28.1 Å². The molecule has 1 unspecified atom stereocenters. The second-order valence-corrected chi connectivity index (χ2v) is 8.47. The highest BCUT2D eigenvalue weighted by Crippen LogP contribution is 2.64. The van der Waals surface area contributed by atoms with Crippen LogP contribution in [0, 0.1) is 46.0 Å². The van der Waals surface area contributed by atoms with Gasteiger partial charge in [0.25, 0.3) is 0 Å². The Bertz CT molecular complexity index is 789. The average molecular weight is 322 g/mol. The van der Waals surface area contributed by atoms with E-state index in [1.165, 1.54) is 0 Å². The molecule has 0 aromatic carbocycles. The van der Waals surface area contributed by atoms with Crippen molar-refractivity contribution in [3.8, 4) is 6.07 Å². The maximum atomic E-state index is 12.7. The van der Waals surface area contributed by atoms with Crippen LogP contribution in [-0.4, -0.2) is 11.6 Å². The molecule has 1 saturated carbocycles. The van der Waals surface area contributed by atoms with E-state index in [0.717, 1.165) is 18.4 Å². The Hall–Kier alpha value is -2.20. The first-order valence-electron chi connectivity index (χ1n) is 8.41. The van der Waals surface area contributed by atoms with Gasteiger partial charge in [-0.2, -0.15) is 5.26 Å². The normalized spacial score (nSPS) is 40.4. The number of carbonyl (C=O) groups is 2. The second kappa shape index (κ2) is 4.90. The lowest BCUT2D eigenvalue weighted by Gasteiger charge is -2.58. The number of allylic oxidation sites excluding steroid dienone is 4. The van der Waals surface area contributed by atoms with Gasteiger partial charge in [0.15, 0.2) is 11.6 Å². The molecule has 0 aromatic heterocycles. The summed E-state index contributed by atoms with van der Waals surface area (Å²) in [6.45, 7) is 15.4. The Morgan fingerprint density at radius 2 is 1.96 bits per heavy atom. The van der Waals surface area contributed by atoms with Gasteiger partial charge in [-0.05, 0) is 36.7 Å². The Labute approximate surface area is 143 Å². The third-order valence-electron chi connectivity index (χ3n) is 6.63. The van der Waals surface area contributed by atoms with Crippen molar-refractivity contribution in [1.29, 1.82) is 5.26 Å². The molecule has 3 aliphatic carbocycles. The molecule has 0 amide bonds. The van der Waals surface area contributed by atoms with Crippen molar-refractivity contribution in [1.82, 2.24) is 0 Å². The summed E-state index contributed by atoms with van der Waals surface area (Å²) in [4.78, 5) is 28.5. The first-order chi connectivity index (χ1) is 11.1. The van der Waals surface area contributed by atoms with Crippen LogP contribution in [0.4, 0.5) is 0 Å². The minimum Gasteiger partial charge on any atom is -0.307 e. The zero-order valence-corrected chi connectivity index (χ0v) is 14.6. The molecule has 0 bridgehead atoms. The summed E-state index contributed by atoms with van der Waals surface area (Å²) in [6.07, 6.45) is 5.70. The van der Waals surface area contributed by atoms with Crippen LogP contribution in [-0.2, 0) is 9.59 Å². The van der Waals surface area contributed by atoms with Crippen LogP contribution in [0.5, 0.6) is 0 Å². The first kappa shape index (κ1) is 16.7. The van der Waals surface area contributed by atoms with Crippen LogP contribution in [0.1, 0.15) is 47.0 Å². The molecule has 3 aliphatic rings. The number of hydrogen-bond acceptors (Lipinski definition) is 3. The van der Waals surface area contributed by atoms with Gasteiger partial charge in [0.05, 0.1) is 12.6 Å². The molecule has 3 rings (SSSR count). The first-order valence-corrected chi connectivity index (χ1v) is 8.41. The summed E-state index contributed by atoms with van der Waals surface area (Å²) < 4.78 is 0. The van der Waals surface area contributed by atoms with E-state index in [4.69, 9.17) is 6.57 Å². The molecule has 4 heteroatoms. The maximum absolute atomic E-state index is 12.7. The number of rotatable bonds is 0. The predicted octanol–water partition coefficient (Wildman–Crippen LogP) is 3.86. The van der Waals surface area contributed by atoms with E-state index in [-0.39, 0.29) is 28.6 Å². The van der Waals surface area contributed by atoms with Crippen molar-refractivity contribution in [2.45, 2.75) is 47.0 Å². The fourth-order valence-electron chi connectivity index (χ4n) is 5.39. The average Bonchev–Trinajstić information content (AvgIpc) is 2.52. The molecular weight excluding hydrogens is 300 g/mol. The predicted molar refractivity (Wildman–Crippen MR) is 89.2 cm³/mol. The van der Waals surface area contributed by atoms with Gasteiger partial charge in [-0.1, -0.05) is 39.3 Å². The molecule has 0 saturated heterocycles. The third kappa shape index (κ3) is 1.96. The SMILES string of the molecule is [C-]#[N+]C1=C[C@]2(C)C3=CC(=O)C(C#N)C[C@]3(C)CC[C@H]2C(C)(C)C1=O. The van der Waals surface area contributed by atoms with E-state index >= 15 is 0 Å². The molecule has 4 atom stereocenters. The molecule has 124 valence electrons. The van der Waals surface area contributed by atoms with E-state index in [0.29, 0.717) is 6.42 Å². The minimum absolute atomic E-state index is 0.0637. The van der Waals surface area contributed by atoms with Crippen molar-refractivity contribution < 1.29 is 9.59 Å². The monoisotopic (exact) mass is 322 g/mol. The number of ketones is 2. The standard InChI is InChI=1S/C20H22N2O2/c1-18(2)15-6-7-19(3)9-12(11-21)14(23)8-16(19)20(15,4)10-13(22-5)17(18)24/h8,10,12,15H,6-7,9H2,1-4H3/t12?,15-,19-,20-/m0/s1. The van der Waals surface area contributed by atoms with Gasteiger partial charge in [0, 0.05) is 10.8 Å². The lowest BCUT2D eigenvalue weighted by atomic mass is 9.45. The number of Topliss-reactive ketones (excluding diaryl/α,β-unsaturated/α-hetero) is 1. The quantitative estimate of drug-likeness (QED) is 0.636. The van der Waals surface area contributed by atoms with Gasteiger partial charge in [-0.25, -0.2) is 4.85 Å². The molecule has 0 aliphatic heterocycles. The Morgan fingerprint density at radius 1 is 1.29 bits per heavy atom. The van der Waals surface area contributed by atoms with E-state index < -0.39 is 16.7 Å². The molecule has 1 fully saturated rings. The lowest BCUT2D eigenvalue weighted by Crippen LogP contribution is -2.54. The molecule has 0 aromatic rings. The number of nitriles is 1. The van der Waals surface area contributed by atoms with E-state index in [1.54, 1.807) is 12.2 Å². The molecule has 0 N–H and O–H groups in total. The molecule has 0 radical (unpaired) electrons. The zero-order valence-electron chi connectivity index (χ0n) is 14.6. The van der Waals surface area contributed by atoms with Gasteiger partial charge in [0.1, 0.15) is 5.92 Å². The van der Waals surface area contributed by atoms with E-state index in [1.807, 2.05) is 13.8 Å². The third-order valence-corrected chi connectivity index (χ3v) is 6.63. The fourth-order valence-corrected chi connectivity index (χ4v) is 5.39. The number of hydrogen-bond donors (Lipinski definition) is 0. The van der Waals surface area contributed by atoms with Gasteiger partial charge >= 0.3 is 0 Å². The summed E-state index contributed by atoms with van der Waals surface area (Å²) >= 11 is 0. The highest BCUT2D eigenvalue weighted by molar-refractivity contribution is 6.03. The van der Waals surface area contributed by atoms with Gasteiger partial charge < -0.3 is 4.79 Å². The van der Waals surface area contributed by atoms with E-state index in [2.05, 4.69) is 24.8 Å². The summed E-state index contributed by atoms with van der Waals surface area (Å²) in [7, 11) is 0. The van der Waals surface area contributed by atoms with E-state index in [9.17, 15) is 14.9 Å². The highest BCUT2D eigenvalue weighted by atomic mass is 16.1.